The Morgan fingerprint density at radius 3 is 2.29 bits per heavy atom. The number of amides is 1. The molecule has 13 heteroatoms. The number of nitrogens with two attached hydrogens (primary N) is 1. The van der Waals surface area contributed by atoms with E-state index >= 15 is 0 Å². The number of hydrogen-bond acceptors (Lipinski definition) is 7. The molecule has 168 valence electrons. The van der Waals surface area contributed by atoms with Crippen LogP contribution in [0.3, 0.4) is 0 Å². The van der Waals surface area contributed by atoms with E-state index in [1.165, 1.54) is 49.4 Å². The lowest BCUT2D eigenvalue weighted by molar-refractivity contribution is -0.148. The maximum Gasteiger partial charge on any atom is 0.324 e. The van der Waals surface area contributed by atoms with Gasteiger partial charge in [0, 0.05) is 10.7 Å². The van der Waals surface area contributed by atoms with Gasteiger partial charge in [-0.3, -0.25) is 9.59 Å². The van der Waals surface area contributed by atoms with Crippen molar-refractivity contribution in [3.05, 3.63) is 53.1 Å². The number of esters is 1. The minimum absolute atomic E-state index is 0.0978. The fourth-order valence-electron chi connectivity index (χ4n) is 2.41. The Bertz CT molecular complexity index is 1200. The summed E-state index contributed by atoms with van der Waals surface area (Å²) in [4.78, 5) is 23.8. The average Bonchev–Trinajstić information content (AvgIpc) is 2.66. The van der Waals surface area contributed by atoms with Gasteiger partial charge in [0.15, 0.2) is 6.61 Å². The van der Waals surface area contributed by atoms with Gasteiger partial charge in [-0.15, -0.1) is 0 Å². The number of anilines is 1. The minimum atomic E-state index is -4.01. The molecule has 0 saturated heterocycles. The molecule has 2 rings (SSSR count). The second-order valence-corrected chi connectivity index (χ2v) is 10.2. The normalized spacial score (nSPS) is 12.8. The molecule has 1 atom stereocenters. The van der Waals surface area contributed by atoms with Gasteiger partial charge in [0.25, 0.3) is 5.91 Å². The van der Waals surface area contributed by atoms with Gasteiger partial charge in [0.05, 0.1) is 9.79 Å². The zero-order chi connectivity index (χ0) is 23.4. The lowest BCUT2D eigenvalue weighted by Gasteiger charge is -2.14. The molecule has 0 unspecified atom stereocenters. The molecule has 0 spiro atoms. The van der Waals surface area contributed by atoms with E-state index in [1.54, 1.807) is 6.92 Å². The van der Waals surface area contributed by atoms with E-state index in [0.29, 0.717) is 10.6 Å². The monoisotopic (exact) mass is 489 g/mol. The van der Waals surface area contributed by atoms with Crippen LogP contribution in [0.25, 0.3) is 0 Å². The second-order valence-electron chi connectivity index (χ2n) is 6.48. The molecule has 0 aliphatic carbocycles. The number of ether oxygens (including phenoxy) is 1. The summed E-state index contributed by atoms with van der Waals surface area (Å²) in [6, 6.07) is 8.11. The topological polar surface area (TPSA) is 162 Å². The maximum absolute atomic E-state index is 12.3. The van der Waals surface area contributed by atoms with Crippen molar-refractivity contribution in [2.75, 3.05) is 11.9 Å². The zero-order valence-corrected chi connectivity index (χ0v) is 18.8. The first-order valence-electron chi connectivity index (χ1n) is 8.67. The molecule has 0 heterocycles. The Labute approximate surface area is 184 Å². The van der Waals surface area contributed by atoms with Gasteiger partial charge in [-0.05, 0) is 55.8 Å². The molecule has 0 saturated carbocycles. The molecule has 0 fully saturated rings. The summed E-state index contributed by atoms with van der Waals surface area (Å²) in [7, 11) is -7.99. The van der Waals surface area contributed by atoms with Crippen molar-refractivity contribution in [2.45, 2.75) is 29.7 Å². The number of primary sulfonamides is 1. The van der Waals surface area contributed by atoms with Crippen LogP contribution in [-0.2, 0) is 34.4 Å². The number of benzene rings is 2. The summed E-state index contributed by atoms with van der Waals surface area (Å²) in [6.07, 6.45) is 0. The Morgan fingerprint density at radius 1 is 1.10 bits per heavy atom. The van der Waals surface area contributed by atoms with Crippen LogP contribution in [-0.4, -0.2) is 41.4 Å². The quantitative estimate of drug-likeness (QED) is 0.468. The third-order valence-electron chi connectivity index (χ3n) is 3.93. The fraction of sp³-hybridized carbons (Fsp3) is 0.222. The van der Waals surface area contributed by atoms with Gasteiger partial charge >= 0.3 is 5.97 Å². The number of sulfonamides is 2. The van der Waals surface area contributed by atoms with Crippen LogP contribution in [0.2, 0.25) is 5.02 Å². The molecule has 0 aliphatic rings. The summed E-state index contributed by atoms with van der Waals surface area (Å²) < 4.78 is 54.6. The minimum Gasteiger partial charge on any atom is -0.454 e. The van der Waals surface area contributed by atoms with Crippen molar-refractivity contribution in [1.82, 2.24) is 4.72 Å². The Kier molecular flexibility index (Phi) is 7.78. The molecule has 2 aromatic rings. The summed E-state index contributed by atoms with van der Waals surface area (Å²) >= 11 is 5.72. The first-order chi connectivity index (χ1) is 14.3. The number of carbonyl (C=O) groups excluding carboxylic acids is 2. The van der Waals surface area contributed by atoms with E-state index in [2.05, 4.69) is 10.0 Å². The molecular formula is C18H20ClN3O7S2. The van der Waals surface area contributed by atoms with Crippen molar-refractivity contribution in [3.63, 3.8) is 0 Å². The average molecular weight is 490 g/mol. The standard InChI is InChI=1S/C18H20ClN3O7S2/c1-11-3-6-14(9-16(11)30(20,25)26)21-17(23)10-29-18(24)12(2)22-31(27,28)15-7-4-13(19)5-8-15/h3-9,12,22H,10H2,1-2H3,(H,21,23)(H2,20,25,26)/t12-/m0/s1. The number of rotatable bonds is 8. The van der Waals surface area contributed by atoms with Crippen molar-refractivity contribution >= 4 is 49.2 Å². The predicted molar refractivity (Wildman–Crippen MR) is 113 cm³/mol. The Balaban J connectivity index is 1.94. The van der Waals surface area contributed by atoms with Crippen molar-refractivity contribution in [3.8, 4) is 0 Å². The highest BCUT2D eigenvalue weighted by Crippen LogP contribution is 2.19. The van der Waals surface area contributed by atoms with E-state index in [1.807, 2.05) is 0 Å². The van der Waals surface area contributed by atoms with Crippen molar-refractivity contribution < 1.29 is 31.2 Å². The number of aryl methyl sites for hydroxylation is 1. The van der Waals surface area contributed by atoms with Gasteiger partial charge in [-0.2, -0.15) is 4.72 Å². The van der Waals surface area contributed by atoms with Crippen LogP contribution in [0.4, 0.5) is 5.69 Å². The van der Waals surface area contributed by atoms with Gasteiger partial charge in [-0.1, -0.05) is 17.7 Å². The number of carbonyl (C=O) groups is 2. The molecule has 31 heavy (non-hydrogen) atoms. The molecular weight excluding hydrogens is 470 g/mol. The summed E-state index contributed by atoms with van der Waals surface area (Å²) in [6.45, 7) is 2.08. The summed E-state index contributed by atoms with van der Waals surface area (Å²) in [5, 5.41) is 7.83. The molecule has 0 bridgehead atoms. The number of halogens is 1. The molecule has 0 aliphatic heterocycles. The summed E-state index contributed by atoms with van der Waals surface area (Å²) in [5.74, 6) is -1.74. The van der Waals surface area contributed by atoms with Crippen LogP contribution in [0.5, 0.6) is 0 Å². The van der Waals surface area contributed by atoms with E-state index < -0.39 is 44.6 Å². The summed E-state index contributed by atoms with van der Waals surface area (Å²) in [5.41, 5.74) is 0.529. The third kappa shape index (κ3) is 7.01. The molecule has 10 nitrogen and oxygen atoms in total. The second kappa shape index (κ2) is 9.75. The lowest BCUT2D eigenvalue weighted by Crippen LogP contribution is -2.40. The molecule has 4 N–H and O–H groups in total. The Hall–Kier alpha value is -2.51. The molecule has 0 radical (unpaired) electrons. The fourth-order valence-corrected chi connectivity index (χ4v) is 4.53. The molecule has 1 amide bonds. The van der Waals surface area contributed by atoms with E-state index in [-0.39, 0.29) is 15.5 Å². The lowest BCUT2D eigenvalue weighted by atomic mass is 10.2. The van der Waals surface area contributed by atoms with Crippen molar-refractivity contribution in [1.29, 1.82) is 0 Å². The van der Waals surface area contributed by atoms with Gasteiger partial charge in [0.1, 0.15) is 6.04 Å². The number of nitrogens with one attached hydrogen (secondary N) is 2. The van der Waals surface area contributed by atoms with E-state index in [9.17, 15) is 26.4 Å². The van der Waals surface area contributed by atoms with Gasteiger partial charge in [-0.25, -0.2) is 22.0 Å². The van der Waals surface area contributed by atoms with Crippen LogP contribution >= 0.6 is 11.6 Å². The Morgan fingerprint density at radius 2 is 1.71 bits per heavy atom. The highest BCUT2D eigenvalue weighted by atomic mass is 35.5. The van der Waals surface area contributed by atoms with E-state index in [4.69, 9.17) is 21.5 Å². The van der Waals surface area contributed by atoms with Gasteiger partial charge in [0.2, 0.25) is 20.0 Å². The van der Waals surface area contributed by atoms with Crippen LogP contribution in [0, 0.1) is 6.92 Å². The zero-order valence-electron chi connectivity index (χ0n) is 16.5. The maximum atomic E-state index is 12.3. The van der Waals surface area contributed by atoms with Crippen molar-refractivity contribution in [2.24, 2.45) is 5.14 Å². The highest BCUT2D eigenvalue weighted by Gasteiger charge is 2.24. The van der Waals surface area contributed by atoms with E-state index in [0.717, 1.165) is 0 Å². The first-order valence-corrected chi connectivity index (χ1v) is 12.1. The highest BCUT2D eigenvalue weighted by molar-refractivity contribution is 7.89. The SMILES string of the molecule is Cc1ccc(NC(=O)COC(=O)[C@H](C)NS(=O)(=O)c2ccc(Cl)cc2)cc1S(N)(=O)=O. The molecule has 2 aromatic carbocycles. The smallest absolute Gasteiger partial charge is 0.324 e. The predicted octanol–water partition coefficient (Wildman–Crippen LogP) is 1.14. The third-order valence-corrected chi connectivity index (χ3v) is 6.79. The van der Waals surface area contributed by atoms with Crippen LogP contribution in [0.1, 0.15) is 12.5 Å². The van der Waals surface area contributed by atoms with Crippen LogP contribution in [0.15, 0.2) is 52.3 Å². The van der Waals surface area contributed by atoms with Crippen LogP contribution < -0.4 is 15.2 Å². The first kappa shape index (κ1) is 24.8. The number of hydrogen-bond donors (Lipinski definition) is 3. The molecule has 0 aromatic heterocycles. The largest absolute Gasteiger partial charge is 0.454 e. The van der Waals surface area contributed by atoms with Gasteiger partial charge < -0.3 is 10.1 Å².